The van der Waals surface area contributed by atoms with Crippen molar-refractivity contribution in [3.8, 4) is 11.1 Å². The summed E-state index contributed by atoms with van der Waals surface area (Å²) in [5.74, 6) is -2.00. The van der Waals surface area contributed by atoms with Crippen LogP contribution in [0.2, 0.25) is 0 Å². The van der Waals surface area contributed by atoms with Gasteiger partial charge < -0.3 is 29.7 Å². The summed E-state index contributed by atoms with van der Waals surface area (Å²) >= 11 is 0. The smallest absolute Gasteiger partial charge is 0.407 e. The molecule has 2 heterocycles. The fourth-order valence-electron chi connectivity index (χ4n) is 4.68. The van der Waals surface area contributed by atoms with Gasteiger partial charge in [-0.25, -0.2) is 9.59 Å². The largest absolute Gasteiger partial charge is 0.479 e. The lowest BCUT2D eigenvalue weighted by molar-refractivity contribution is -0.156. The number of aromatic nitrogens is 1. The molecule has 10 nitrogen and oxygen atoms in total. The second-order valence-corrected chi connectivity index (χ2v) is 8.67. The highest BCUT2D eigenvalue weighted by Crippen LogP contribution is 2.44. The number of rotatable bonds is 6. The molecule has 3 aromatic rings. The van der Waals surface area contributed by atoms with Crippen LogP contribution in [0.3, 0.4) is 0 Å². The van der Waals surface area contributed by atoms with Crippen molar-refractivity contribution in [3.63, 3.8) is 0 Å². The van der Waals surface area contributed by atoms with Crippen LogP contribution in [0.5, 0.6) is 0 Å². The Morgan fingerprint density at radius 1 is 1.11 bits per heavy atom. The summed E-state index contributed by atoms with van der Waals surface area (Å²) < 4.78 is 10.4. The third-order valence-corrected chi connectivity index (χ3v) is 6.55. The van der Waals surface area contributed by atoms with E-state index in [1.54, 1.807) is 0 Å². The van der Waals surface area contributed by atoms with Crippen LogP contribution in [0.1, 0.15) is 39.5 Å². The maximum atomic E-state index is 12.8. The maximum absolute atomic E-state index is 12.8. The number of ether oxygens (including phenoxy) is 1. The Morgan fingerprint density at radius 3 is 2.40 bits per heavy atom. The molecule has 2 amide bonds. The lowest BCUT2D eigenvalue weighted by Crippen LogP contribution is -2.42. The van der Waals surface area contributed by atoms with Gasteiger partial charge >= 0.3 is 12.1 Å². The second kappa shape index (κ2) is 8.88. The molecule has 1 aliphatic carbocycles. The van der Waals surface area contributed by atoms with E-state index in [0.717, 1.165) is 28.5 Å². The number of carboxylic acid groups (broad SMARTS) is 1. The van der Waals surface area contributed by atoms with Crippen LogP contribution < -0.4 is 5.32 Å². The molecule has 1 atom stereocenters. The van der Waals surface area contributed by atoms with Gasteiger partial charge in [-0.05, 0) is 22.3 Å². The van der Waals surface area contributed by atoms with E-state index in [2.05, 4.69) is 22.6 Å². The van der Waals surface area contributed by atoms with E-state index in [1.165, 1.54) is 4.90 Å². The monoisotopic (exact) mass is 477 g/mol. The molecule has 1 saturated heterocycles. The molecular weight excluding hydrogens is 454 g/mol. The number of carbonyl (C=O) groups is 3. The molecule has 1 aromatic heterocycles. The van der Waals surface area contributed by atoms with E-state index < -0.39 is 23.6 Å². The molecule has 2 aromatic carbocycles. The van der Waals surface area contributed by atoms with E-state index in [0.29, 0.717) is 0 Å². The predicted octanol–water partition coefficient (Wildman–Crippen LogP) is 2.37. The first-order chi connectivity index (χ1) is 16.9. The summed E-state index contributed by atoms with van der Waals surface area (Å²) in [6, 6.07) is 16.0. The SMILES string of the molecule is O=C(NCc1nocc1C(=O)N1CCC(O)(C(=O)O)C1)OCC1c2ccccc2-c2ccccc21. The van der Waals surface area contributed by atoms with Gasteiger partial charge in [0.15, 0.2) is 5.60 Å². The summed E-state index contributed by atoms with van der Waals surface area (Å²) in [6.07, 6.45) is 0.386. The number of β-amino-alcohol motifs (C(OH)–C–C–N with tert-alkyl or cyclic N) is 1. The standard InChI is InChI=1S/C25H23N3O7/c29-22(28-10-9-25(33,14-28)23(30)31)20-13-35-27-21(20)11-26-24(32)34-12-19-17-7-3-1-5-15(17)16-6-2-4-8-18(16)19/h1-8,13,19,33H,9-12,14H2,(H,26,32)(H,30,31). The van der Waals surface area contributed by atoms with Gasteiger partial charge in [0.2, 0.25) is 0 Å². The third-order valence-electron chi connectivity index (χ3n) is 6.55. The van der Waals surface area contributed by atoms with E-state index in [-0.39, 0.29) is 49.8 Å². The van der Waals surface area contributed by atoms with Crippen LogP contribution in [0.15, 0.2) is 59.3 Å². The summed E-state index contributed by atoms with van der Waals surface area (Å²) in [5, 5.41) is 25.6. The van der Waals surface area contributed by atoms with Gasteiger partial charge in [-0.2, -0.15) is 0 Å². The highest BCUT2D eigenvalue weighted by atomic mass is 16.5. The van der Waals surface area contributed by atoms with Crippen LogP contribution in [0.4, 0.5) is 4.79 Å². The average molecular weight is 477 g/mol. The fourth-order valence-corrected chi connectivity index (χ4v) is 4.68. The number of alkyl carbamates (subject to hydrolysis) is 1. The molecule has 0 bridgehead atoms. The molecule has 1 fully saturated rings. The molecule has 1 unspecified atom stereocenters. The Hall–Kier alpha value is -4.18. The number of benzene rings is 2. The first kappa shape index (κ1) is 22.6. The highest BCUT2D eigenvalue weighted by Gasteiger charge is 2.45. The number of aliphatic hydroxyl groups is 1. The Kier molecular flexibility index (Phi) is 5.73. The zero-order valence-corrected chi connectivity index (χ0v) is 18.6. The van der Waals surface area contributed by atoms with Gasteiger partial charge in [-0.1, -0.05) is 53.7 Å². The number of amides is 2. The van der Waals surface area contributed by atoms with Gasteiger partial charge in [-0.15, -0.1) is 0 Å². The Morgan fingerprint density at radius 2 is 1.77 bits per heavy atom. The average Bonchev–Trinajstić information content (AvgIpc) is 3.57. The highest BCUT2D eigenvalue weighted by molar-refractivity contribution is 5.96. The van der Waals surface area contributed by atoms with Crippen molar-refractivity contribution in [2.45, 2.75) is 24.5 Å². The predicted molar refractivity (Wildman–Crippen MR) is 122 cm³/mol. The van der Waals surface area contributed by atoms with Crippen LogP contribution in [0, 0.1) is 0 Å². The molecule has 10 heteroatoms. The second-order valence-electron chi connectivity index (χ2n) is 8.67. The lowest BCUT2D eigenvalue weighted by atomic mass is 9.98. The van der Waals surface area contributed by atoms with E-state index in [4.69, 9.17) is 14.4 Å². The van der Waals surface area contributed by atoms with Crippen molar-refractivity contribution in [1.29, 1.82) is 0 Å². The molecule has 0 saturated carbocycles. The molecule has 35 heavy (non-hydrogen) atoms. The molecular formula is C25H23N3O7. The minimum Gasteiger partial charge on any atom is -0.479 e. The topological polar surface area (TPSA) is 142 Å². The van der Waals surface area contributed by atoms with Gasteiger partial charge in [0.1, 0.15) is 24.1 Å². The van der Waals surface area contributed by atoms with Crippen LogP contribution in [0.25, 0.3) is 11.1 Å². The lowest BCUT2D eigenvalue weighted by Gasteiger charge is -2.19. The van der Waals surface area contributed by atoms with Crippen molar-refractivity contribution < 1.29 is 33.9 Å². The number of hydrogen-bond donors (Lipinski definition) is 3. The normalized spacial score (nSPS) is 18.7. The van der Waals surface area contributed by atoms with E-state index in [9.17, 15) is 19.5 Å². The molecule has 0 spiro atoms. The number of likely N-dealkylation sites (tertiary alicyclic amines) is 1. The summed E-state index contributed by atoms with van der Waals surface area (Å²) in [7, 11) is 0. The Bertz CT molecular complexity index is 1260. The van der Waals surface area contributed by atoms with Crippen molar-refractivity contribution in [2.24, 2.45) is 0 Å². The molecule has 0 radical (unpaired) electrons. The fraction of sp³-hybridized carbons (Fsp3) is 0.280. The quantitative estimate of drug-likeness (QED) is 0.491. The van der Waals surface area contributed by atoms with Crippen molar-refractivity contribution >= 4 is 18.0 Å². The van der Waals surface area contributed by atoms with Crippen LogP contribution in [-0.4, -0.2) is 63.5 Å². The first-order valence-electron chi connectivity index (χ1n) is 11.1. The number of aliphatic carboxylic acids is 1. The van der Waals surface area contributed by atoms with Crippen LogP contribution >= 0.6 is 0 Å². The molecule has 1 aliphatic heterocycles. The van der Waals surface area contributed by atoms with Gasteiger partial charge in [0.25, 0.3) is 5.91 Å². The van der Waals surface area contributed by atoms with Crippen molar-refractivity contribution in [2.75, 3.05) is 19.7 Å². The van der Waals surface area contributed by atoms with Gasteiger partial charge in [0, 0.05) is 18.9 Å². The summed E-state index contributed by atoms with van der Waals surface area (Å²) in [4.78, 5) is 37.7. The minimum absolute atomic E-state index is 0.0755. The van der Waals surface area contributed by atoms with Gasteiger partial charge in [-0.3, -0.25) is 4.79 Å². The zero-order valence-electron chi connectivity index (χ0n) is 18.6. The third kappa shape index (κ3) is 4.12. The Labute approximate surface area is 200 Å². The molecule has 180 valence electrons. The van der Waals surface area contributed by atoms with Crippen molar-refractivity contribution in [1.82, 2.24) is 15.4 Å². The number of fused-ring (bicyclic) bond motifs is 3. The molecule has 5 rings (SSSR count). The number of nitrogens with zero attached hydrogens (tertiary/aromatic N) is 2. The number of hydrogen-bond acceptors (Lipinski definition) is 7. The maximum Gasteiger partial charge on any atom is 0.407 e. The van der Waals surface area contributed by atoms with Crippen LogP contribution in [-0.2, 0) is 16.1 Å². The van der Waals surface area contributed by atoms with E-state index >= 15 is 0 Å². The molecule has 2 aliphatic rings. The minimum atomic E-state index is -1.98. The van der Waals surface area contributed by atoms with Crippen molar-refractivity contribution in [3.05, 3.63) is 77.2 Å². The number of nitrogens with one attached hydrogen (secondary N) is 1. The molecule has 3 N–H and O–H groups in total. The first-order valence-corrected chi connectivity index (χ1v) is 11.1. The number of carboxylic acids is 1. The van der Waals surface area contributed by atoms with Gasteiger partial charge in [0.05, 0.1) is 13.1 Å². The Balaban J connectivity index is 1.20. The number of carbonyl (C=O) groups excluding carboxylic acids is 2. The van der Waals surface area contributed by atoms with E-state index in [1.807, 2.05) is 36.4 Å². The summed E-state index contributed by atoms with van der Waals surface area (Å²) in [6.45, 7) is -0.241. The summed E-state index contributed by atoms with van der Waals surface area (Å²) in [5.41, 5.74) is 2.72. The zero-order chi connectivity index (χ0) is 24.6.